The number of rotatable bonds is 4. The molecule has 1 N–H and O–H groups in total. The summed E-state index contributed by atoms with van der Waals surface area (Å²) in [6, 6.07) is 11.1. The van der Waals surface area contributed by atoms with Crippen molar-refractivity contribution in [3.05, 3.63) is 63.4 Å². The number of methoxy groups -OCH3 is 1. The third-order valence-corrected chi connectivity index (χ3v) is 3.84. The molecule has 0 amide bonds. The minimum Gasteiger partial charge on any atom is -0.494 e. The Balaban J connectivity index is 2.46. The molecule has 0 aliphatic heterocycles. The lowest BCUT2D eigenvalue weighted by molar-refractivity contribution is 0.386. The normalized spacial score (nSPS) is 12.2. The fourth-order valence-corrected chi connectivity index (χ4v) is 2.67. The van der Waals surface area contributed by atoms with Crippen LogP contribution in [0, 0.1) is 12.7 Å². The van der Waals surface area contributed by atoms with Crippen LogP contribution in [0.2, 0.25) is 0 Å². The maximum atomic E-state index is 13.9. The van der Waals surface area contributed by atoms with E-state index in [4.69, 9.17) is 4.74 Å². The van der Waals surface area contributed by atoms with Crippen molar-refractivity contribution >= 4 is 15.9 Å². The van der Waals surface area contributed by atoms with Crippen LogP contribution in [-0.2, 0) is 0 Å². The Morgan fingerprint density at radius 2 is 1.95 bits per heavy atom. The average molecular weight is 338 g/mol. The summed E-state index contributed by atoms with van der Waals surface area (Å²) in [5, 5.41) is 3.24. The monoisotopic (exact) mass is 337 g/mol. The third kappa shape index (κ3) is 3.02. The number of hydrogen-bond donors (Lipinski definition) is 1. The van der Waals surface area contributed by atoms with Crippen LogP contribution >= 0.6 is 15.9 Å². The lowest BCUT2D eigenvalue weighted by Gasteiger charge is -2.20. The SMILES string of the molecule is CNC(c1ccc(OC)c(F)c1)c1cc(Br)ccc1C. The van der Waals surface area contributed by atoms with E-state index in [-0.39, 0.29) is 17.6 Å². The van der Waals surface area contributed by atoms with Gasteiger partial charge in [-0.25, -0.2) is 4.39 Å². The first kappa shape index (κ1) is 15.0. The van der Waals surface area contributed by atoms with Crippen molar-refractivity contribution in [3.8, 4) is 5.75 Å². The molecule has 0 bridgehead atoms. The molecule has 0 saturated carbocycles. The largest absolute Gasteiger partial charge is 0.494 e. The van der Waals surface area contributed by atoms with Crippen molar-refractivity contribution in [2.24, 2.45) is 0 Å². The second kappa shape index (κ2) is 6.37. The first-order valence-corrected chi connectivity index (χ1v) is 7.13. The number of aryl methyl sites for hydroxylation is 1. The fraction of sp³-hybridized carbons (Fsp3) is 0.250. The van der Waals surface area contributed by atoms with Gasteiger partial charge in [-0.05, 0) is 54.9 Å². The van der Waals surface area contributed by atoms with Crippen molar-refractivity contribution in [3.63, 3.8) is 0 Å². The molecule has 2 aromatic rings. The zero-order chi connectivity index (χ0) is 14.7. The van der Waals surface area contributed by atoms with Gasteiger partial charge in [0.2, 0.25) is 0 Å². The van der Waals surface area contributed by atoms with Gasteiger partial charge < -0.3 is 10.1 Å². The van der Waals surface area contributed by atoms with E-state index in [9.17, 15) is 4.39 Å². The molecule has 106 valence electrons. The van der Waals surface area contributed by atoms with Gasteiger partial charge in [0.1, 0.15) is 0 Å². The molecule has 2 rings (SSSR count). The standard InChI is InChI=1S/C16H17BrFNO/c1-10-4-6-12(17)9-13(10)16(19-2)11-5-7-15(20-3)14(18)8-11/h4-9,16,19H,1-3H3. The van der Waals surface area contributed by atoms with E-state index < -0.39 is 0 Å². The van der Waals surface area contributed by atoms with Crippen molar-refractivity contribution in [2.45, 2.75) is 13.0 Å². The van der Waals surface area contributed by atoms with Crippen LogP contribution in [0.15, 0.2) is 40.9 Å². The summed E-state index contributed by atoms with van der Waals surface area (Å²) in [5.74, 6) is -0.0903. The molecule has 2 nitrogen and oxygen atoms in total. The van der Waals surface area contributed by atoms with Crippen LogP contribution in [0.1, 0.15) is 22.7 Å². The minimum absolute atomic E-state index is 0.0621. The highest BCUT2D eigenvalue weighted by Gasteiger charge is 2.16. The molecule has 0 aliphatic rings. The highest BCUT2D eigenvalue weighted by molar-refractivity contribution is 9.10. The second-order valence-electron chi connectivity index (χ2n) is 4.62. The summed E-state index contributed by atoms with van der Waals surface area (Å²) in [6.45, 7) is 2.05. The van der Waals surface area contributed by atoms with Gasteiger partial charge >= 0.3 is 0 Å². The summed E-state index contributed by atoms with van der Waals surface area (Å²) < 4.78 is 19.8. The topological polar surface area (TPSA) is 21.3 Å². The van der Waals surface area contributed by atoms with Crippen LogP contribution in [0.4, 0.5) is 4.39 Å². The van der Waals surface area contributed by atoms with Crippen LogP contribution in [-0.4, -0.2) is 14.2 Å². The number of benzene rings is 2. The third-order valence-electron chi connectivity index (χ3n) is 3.35. The smallest absolute Gasteiger partial charge is 0.165 e. The Hall–Kier alpha value is -1.39. The number of hydrogen-bond acceptors (Lipinski definition) is 2. The van der Waals surface area contributed by atoms with Gasteiger partial charge in [0, 0.05) is 4.47 Å². The maximum Gasteiger partial charge on any atom is 0.165 e. The van der Waals surface area contributed by atoms with Crippen LogP contribution in [0.25, 0.3) is 0 Å². The van der Waals surface area contributed by atoms with Crippen LogP contribution in [0.5, 0.6) is 5.75 Å². The predicted molar refractivity (Wildman–Crippen MR) is 82.7 cm³/mol. The predicted octanol–water partition coefficient (Wildman–Crippen LogP) is 4.21. The van der Waals surface area contributed by atoms with E-state index >= 15 is 0 Å². The molecule has 2 aromatic carbocycles. The first-order valence-electron chi connectivity index (χ1n) is 6.33. The first-order chi connectivity index (χ1) is 9.56. The molecule has 4 heteroatoms. The number of halogens is 2. The van der Waals surface area contributed by atoms with Gasteiger partial charge in [-0.1, -0.05) is 28.1 Å². The second-order valence-corrected chi connectivity index (χ2v) is 5.53. The Morgan fingerprint density at radius 3 is 2.55 bits per heavy atom. The van der Waals surface area contributed by atoms with Crippen LogP contribution < -0.4 is 10.1 Å². The lowest BCUT2D eigenvalue weighted by atomic mass is 9.95. The van der Waals surface area contributed by atoms with Crippen molar-refractivity contribution in [1.82, 2.24) is 5.32 Å². The molecule has 0 radical (unpaired) electrons. The van der Waals surface area contributed by atoms with Crippen molar-refractivity contribution in [1.29, 1.82) is 0 Å². The molecule has 1 unspecified atom stereocenters. The maximum absolute atomic E-state index is 13.9. The molecule has 0 aliphatic carbocycles. The summed E-state index contributed by atoms with van der Waals surface area (Å²) in [7, 11) is 3.33. The lowest BCUT2D eigenvalue weighted by Crippen LogP contribution is -2.19. The minimum atomic E-state index is -0.349. The molecule has 0 heterocycles. The van der Waals surface area contributed by atoms with E-state index in [1.54, 1.807) is 6.07 Å². The van der Waals surface area contributed by atoms with Crippen LogP contribution in [0.3, 0.4) is 0 Å². The van der Waals surface area contributed by atoms with E-state index in [0.717, 1.165) is 21.2 Å². The van der Waals surface area contributed by atoms with E-state index in [1.165, 1.54) is 13.2 Å². The van der Waals surface area contributed by atoms with Gasteiger partial charge in [-0.2, -0.15) is 0 Å². The van der Waals surface area contributed by atoms with Gasteiger partial charge in [0.15, 0.2) is 11.6 Å². The van der Waals surface area contributed by atoms with Gasteiger partial charge in [0.25, 0.3) is 0 Å². The number of ether oxygens (including phenoxy) is 1. The Labute approximate surface area is 127 Å². The Kier molecular flexibility index (Phi) is 4.78. The molecule has 0 aromatic heterocycles. The van der Waals surface area contributed by atoms with Gasteiger partial charge in [-0.3, -0.25) is 0 Å². The van der Waals surface area contributed by atoms with E-state index in [1.807, 2.05) is 32.2 Å². The molecule has 0 fully saturated rings. The Bertz CT molecular complexity index is 615. The fourth-order valence-electron chi connectivity index (χ4n) is 2.29. The van der Waals surface area contributed by atoms with Crippen molar-refractivity contribution in [2.75, 3.05) is 14.2 Å². The van der Waals surface area contributed by atoms with Gasteiger partial charge in [0.05, 0.1) is 13.2 Å². The molecule has 20 heavy (non-hydrogen) atoms. The molecule has 0 saturated heterocycles. The highest BCUT2D eigenvalue weighted by atomic mass is 79.9. The van der Waals surface area contributed by atoms with E-state index in [2.05, 4.69) is 27.3 Å². The van der Waals surface area contributed by atoms with Gasteiger partial charge in [-0.15, -0.1) is 0 Å². The molecular formula is C16H17BrFNO. The average Bonchev–Trinajstić information content (AvgIpc) is 2.44. The highest BCUT2D eigenvalue weighted by Crippen LogP contribution is 2.29. The zero-order valence-corrected chi connectivity index (χ0v) is 13.3. The Morgan fingerprint density at radius 1 is 1.20 bits per heavy atom. The molecule has 0 spiro atoms. The quantitative estimate of drug-likeness (QED) is 0.902. The summed E-state index contributed by atoms with van der Waals surface area (Å²) >= 11 is 3.48. The van der Waals surface area contributed by atoms with Crippen molar-refractivity contribution < 1.29 is 9.13 Å². The molecular weight excluding hydrogens is 321 g/mol. The zero-order valence-electron chi connectivity index (χ0n) is 11.7. The molecule has 1 atom stereocenters. The summed E-state index contributed by atoms with van der Waals surface area (Å²) in [6.07, 6.45) is 0. The summed E-state index contributed by atoms with van der Waals surface area (Å²) in [5.41, 5.74) is 3.14. The van der Waals surface area contributed by atoms with E-state index in [0.29, 0.717) is 0 Å². The number of nitrogens with one attached hydrogen (secondary N) is 1. The summed E-state index contributed by atoms with van der Waals surface area (Å²) in [4.78, 5) is 0.